The first kappa shape index (κ1) is 24.3. The number of fused-ring (bicyclic) bond motifs is 1. The van der Waals surface area contributed by atoms with E-state index in [0.29, 0.717) is 46.4 Å². The van der Waals surface area contributed by atoms with Crippen molar-refractivity contribution in [1.82, 2.24) is 14.8 Å². The third-order valence-corrected chi connectivity index (χ3v) is 6.66. The number of amides is 1. The summed E-state index contributed by atoms with van der Waals surface area (Å²) in [5.41, 5.74) is 2.68. The molecule has 2 aromatic carbocycles. The van der Waals surface area contributed by atoms with Gasteiger partial charge in [-0.25, -0.2) is 4.98 Å². The molecule has 0 unspecified atom stereocenters. The highest BCUT2D eigenvalue weighted by Crippen LogP contribution is 2.34. The van der Waals surface area contributed by atoms with Crippen molar-refractivity contribution in [2.24, 2.45) is 0 Å². The normalized spacial score (nSPS) is 11.1. The molecule has 0 saturated heterocycles. The molecule has 2 heterocycles. The molecule has 0 saturated carbocycles. The Morgan fingerprint density at radius 2 is 1.94 bits per heavy atom. The summed E-state index contributed by atoms with van der Waals surface area (Å²) in [5.74, 6) is 0.836. The molecular weight excluding hydrogens is 495 g/mol. The molecule has 0 spiro atoms. The van der Waals surface area contributed by atoms with Crippen molar-refractivity contribution in [3.63, 3.8) is 0 Å². The van der Waals surface area contributed by atoms with Gasteiger partial charge in [-0.15, -0.1) is 0 Å². The van der Waals surface area contributed by atoms with Gasteiger partial charge < -0.3 is 9.47 Å². The van der Waals surface area contributed by atoms with Gasteiger partial charge >= 0.3 is 0 Å². The van der Waals surface area contributed by atoms with Crippen molar-refractivity contribution in [3.8, 4) is 11.5 Å². The van der Waals surface area contributed by atoms with Crippen LogP contribution in [0, 0.1) is 13.8 Å². The van der Waals surface area contributed by atoms with Crippen LogP contribution in [0.2, 0.25) is 10.0 Å². The third-order valence-electron chi connectivity index (χ3n) is 5.09. The van der Waals surface area contributed by atoms with Gasteiger partial charge in [-0.1, -0.05) is 40.6 Å². The van der Waals surface area contributed by atoms with Gasteiger partial charge in [0, 0.05) is 17.3 Å². The zero-order valence-electron chi connectivity index (χ0n) is 19.0. The van der Waals surface area contributed by atoms with Gasteiger partial charge in [-0.05, 0) is 57.2 Å². The fraction of sp³-hybridized carbons (Fsp3) is 0.292. The number of nitrogens with zero attached hydrogens (tertiary/aromatic N) is 4. The Hall–Kier alpha value is -2.81. The summed E-state index contributed by atoms with van der Waals surface area (Å²) in [4.78, 5) is 19.7. The maximum atomic E-state index is 13.3. The fourth-order valence-electron chi connectivity index (χ4n) is 3.53. The average molecular weight is 519 g/mol. The molecule has 0 atom stereocenters. The number of hydrogen-bond donors (Lipinski definition) is 0. The van der Waals surface area contributed by atoms with Crippen LogP contribution in [0.1, 0.15) is 18.3 Å². The number of benzene rings is 2. The zero-order valence-corrected chi connectivity index (χ0v) is 21.4. The van der Waals surface area contributed by atoms with E-state index in [4.69, 9.17) is 37.7 Å². The van der Waals surface area contributed by atoms with Crippen molar-refractivity contribution in [1.29, 1.82) is 0 Å². The Kier molecular flexibility index (Phi) is 7.60. The first-order valence-corrected chi connectivity index (χ1v) is 12.3. The predicted octanol–water partition coefficient (Wildman–Crippen LogP) is 5.93. The molecule has 0 aliphatic heterocycles. The van der Waals surface area contributed by atoms with Gasteiger partial charge in [0.05, 0.1) is 28.6 Å². The van der Waals surface area contributed by atoms with Crippen LogP contribution in [0.15, 0.2) is 42.5 Å². The van der Waals surface area contributed by atoms with Crippen molar-refractivity contribution in [2.45, 2.75) is 27.3 Å². The summed E-state index contributed by atoms with van der Waals surface area (Å²) in [6, 6.07) is 12.6. The SMILES string of the molecule is CCOc1cccc2sc(N(CCn3nc(C)cc3C)C(=O)COc3ccc(Cl)cc3Cl)nc12. The van der Waals surface area contributed by atoms with E-state index >= 15 is 0 Å². The molecule has 7 nitrogen and oxygen atoms in total. The first-order valence-electron chi connectivity index (χ1n) is 10.8. The number of ether oxygens (including phenoxy) is 2. The molecule has 4 rings (SSSR count). The van der Waals surface area contributed by atoms with E-state index in [1.165, 1.54) is 11.3 Å². The summed E-state index contributed by atoms with van der Waals surface area (Å²) < 4.78 is 14.3. The van der Waals surface area contributed by atoms with Crippen LogP contribution in [-0.2, 0) is 11.3 Å². The standard InChI is InChI=1S/C24H24Cl2N4O3S/c1-4-32-20-6-5-7-21-23(20)27-24(34-21)29(10-11-30-16(3)12-15(2)28-30)22(31)14-33-19-9-8-17(25)13-18(19)26/h5-9,12-13H,4,10-11,14H2,1-3H3. The third kappa shape index (κ3) is 5.46. The second kappa shape index (κ2) is 10.6. The summed E-state index contributed by atoms with van der Waals surface area (Å²) in [6.45, 7) is 7.08. The summed E-state index contributed by atoms with van der Waals surface area (Å²) >= 11 is 13.6. The van der Waals surface area contributed by atoms with Gasteiger partial charge in [0.15, 0.2) is 11.7 Å². The molecule has 10 heteroatoms. The van der Waals surface area contributed by atoms with Gasteiger partial charge in [-0.3, -0.25) is 14.4 Å². The molecule has 34 heavy (non-hydrogen) atoms. The molecule has 2 aromatic heterocycles. The molecule has 0 fully saturated rings. The summed E-state index contributed by atoms with van der Waals surface area (Å²) in [6.07, 6.45) is 0. The molecule has 0 radical (unpaired) electrons. The van der Waals surface area contributed by atoms with Gasteiger partial charge in [0.1, 0.15) is 17.0 Å². The monoisotopic (exact) mass is 518 g/mol. The quantitative estimate of drug-likeness (QED) is 0.274. The van der Waals surface area contributed by atoms with Crippen LogP contribution < -0.4 is 14.4 Å². The number of rotatable bonds is 9. The van der Waals surface area contributed by atoms with E-state index < -0.39 is 0 Å². The second-order valence-electron chi connectivity index (χ2n) is 7.59. The van der Waals surface area contributed by atoms with E-state index in [0.717, 1.165) is 21.6 Å². The summed E-state index contributed by atoms with van der Waals surface area (Å²) in [7, 11) is 0. The van der Waals surface area contributed by atoms with Crippen molar-refractivity contribution < 1.29 is 14.3 Å². The van der Waals surface area contributed by atoms with Crippen LogP contribution >= 0.6 is 34.5 Å². The first-order chi connectivity index (χ1) is 16.4. The van der Waals surface area contributed by atoms with Crippen LogP contribution in [0.3, 0.4) is 0 Å². The molecule has 0 aliphatic rings. The number of para-hydroxylation sites is 1. The number of thiazole rings is 1. The number of hydrogen-bond acceptors (Lipinski definition) is 6. The molecule has 0 N–H and O–H groups in total. The molecule has 178 valence electrons. The highest BCUT2D eigenvalue weighted by atomic mass is 35.5. The maximum absolute atomic E-state index is 13.3. The molecule has 0 aliphatic carbocycles. The van der Waals surface area contributed by atoms with Crippen LogP contribution in [0.4, 0.5) is 5.13 Å². The van der Waals surface area contributed by atoms with E-state index in [9.17, 15) is 4.79 Å². The minimum absolute atomic E-state index is 0.202. The van der Waals surface area contributed by atoms with Gasteiger partial charge in [-0.2, -0.15) is 5.10 Å². The minimum atomic E-state index is -0.246. The maximum Gasteiger partial charge on any atom is 0.266 e. The Bertz CT molecular complexity index is 1320. The highest BCUT2D eigenvalue weighted by molar-refractivity contribution is 7.22. The van der Waals surface area contributed by atoms with Gasteiger partial charge in [0.25, 0.3) is 5.91 Å². The minimum Gasteiger partial charge on any atom is -0.492 e. The number of anilines is 1. The topological polar surface area (TPSA) is 69.5 Å². The van der Waals surface area contributed by atoms with E-state index in [-0.39, 0.29) is 12.5 Å². The lowest BCUT2D eigenvalue weighted by Crippen LogP contribution is -2.37. The lowest BCUT2D eigenvalue weighted by atomic mass is 10.3. The Labute approximate surface area is 211 Å². The smallest absolute Gasteiger partial charge is 0.266 e. The number of aryl methyl sites for hydroxylation is 2. The van der Waals surface area contributed by atoms with Crippen molar-refractivity contribution in [3.05, 3.63) is 63.9 Å². The van der Waals surface area contributed by atoms with Crippen LogP contribution in [0.5, 0.6) is 11.5 Å². The summed E-state index contributed by atoms with van der Waals surface area (Å²) in [5, 5.41) is 5.92. The zero-order chi connectivity index (χ0) is 24.2. The molecule has 4 aromatic rings. The van der Waals surface area contributed by atoms with E-state index in [1.807, 2.05) is 49.7 Å². The Morgan fingerprint density at radius 3 is 2.65 bits per heavy atom. The number of carbonyl (C=O) groups excluding carboxylic acids is 1. The molecule has 0 bridgehead atoms. The average Bonchev–Trinajstić information content (AvgIpc) is 3.36. The van der Waals surface area contributed by atoms with Crippen LogP contribution in [0.25, 0.3) is 10.2 Å². The molecule has 1 amide bonds. The van der Waals surface area contributed by atoms with Crippen molar-refractivity contribution >= 4 is 55.8 Å². The predicted molar refractivity (Wildman–Crippen MR) is 137 cm³/mol. The van der Waals surface area contributed by atoms with E-state index in [1.54, 1.807) is 23.1 Å². The van der Waals surface area contributed by atoms with E-state index in [2.05, 4.69) is 5.10 Å². The Morgan fingerprint density at radius 1 is 1.12 bits per heavy atom. The Balaban J connectivity index is 1.60. The number of halogens is 2. The lowest BCUT2D eigenvalue weighted by Gasteiger charge is -2.20. The number of carbonyl (C=O) groups is 1. The number of aromatic nitrogens is 3. The van der Waals surface area contributed by atoms with Gasteiger partial charge in [0.2, 0.25) is 0 Å². The van der Waals surface area contributed by atoms with Crippen molar-refractivity contribution in [2.75, 3.05) is 24.7 Å². The largest absolute Gasteiger partial charge is 0.492 e. The second-order valence-corrected chi connectivity index (χ2v) is 9.44. The lowest BCUT2D eigenvalue weighted by molar-refractivity contribution is -0.120. The van der Waals surface area contributed by atoms with Crippen LogP contribution in [-0.4, -0.2) is 40.4 Å². The fourth-order valence-corrected chi connectivity index (χ4v) is 5.02. The molecular formula is C24H24Cl2N4O3S. The highest BCUT2D eigenvalue weighted by Gasteiger charge is 2.22.